The molecule has 6 nitrogen and oxygen atoms in total. The van der Waals surface area contributed by atoms with Gasteiger partial charge >= 0.3 is 0 Å². The molecule has 2 aromatic heterocycles. The second-order valence-corrected chi connectivity index (χ2v) is 21.2. The van der Waals surface area contributed by atoms with Crippen LogP contribution in [0.2, 0.25) is 0 Å². The lowest BCUT2D eigenvalue weighted by Crippen LogP contribution is -2.23. The number of benzene rings is 8. The molecule has 0 unspecified atom stereocenters. The number of aromatic nitrogens is 4. The molecule has 0 saturated heterocycles. The molecule has 348 valence electrons. The van der Waals surface area contributed by atoms with Gasteiger partial charge in [0.15, 0.2) is 11.6 Å². The Bertz CT molecular complexity index is 3440. The molecule has 0 saturated carbocycles. The Hall–Kier alpha value is -8.22. The first-order chi connectivity index (χ1) is 35.3. The van der Waals surface area contributed by atoms with Gasteiger partial charge in [-0.2, -0.15) is 0 Å². The number of anilines is 6. The molecule has 0 aliphatic heterocycles. The standard InChI is InChI=1S/C66H54N6/c1-65(2)53-35-41(55-37-69-57(39-67-55)71(43-19-9-5-10-20-43)44-21-11-6-12-22-44)31-33-47(53)61-49-27-18-30-52-60(49)59-50(28-17-29-51(59)63(61)65)62-48-34-32-42(36-54(48)66(3,4)64(52)62)56-38-70-58(40-68-56)72(45-23-13-7-14-24-45)46-25-15-8-16-26-46/h5-16,19-26,31-40H,17-18,27-30H2,1-4H3. The second-order valence-electron chi connectivity index (χ2n) is 21.2. The quantitative estimate of drug-likeness (QED) is 0.151. The number of rotatable bonds is 8. The molecule has 0 bridgehead atoms. The minimum atomic E-state index is -0.182. The maximum absolute atomic E-state index is 5.10. The highest BCUT2D eigenvalue weighted by Gasteiger charge is 2.46. The highest BCUT2D eigenvalue weighted by molar-refractivity contribution is 6.09. The minimum absolute atomic E-state index is 0.182. The maximum Gasteiger partial charge on any atom is 0.156 e. The molecule has 0 radical (unpaired) electrons. The maximum atomic E-state index is 5.10. The van der Waals surface area contributed by atoms with Gasteiger partial charge < -0.3 is 0 Å². The van der Waals surface area contributed by atoms with Crippen molar-refractivity contribution in [2.24, 2.45) is 0 Å². The molecule has 0 atom stereocenters. The number of para-hydroxylation sites is 4. The van der Waals surface area contributed by atoms with Crippen LogP contribution in [-0.2, 0) is 36.5 Å². The molecule has 4 aliphatic rings. The molecule has 10 aromatic rings. The number of aryl methyl sites for hydroxylation is 4. The molecule has 72 heavy (non-hydrogen) atoms. The third-order valence-corrected chi connectivity index (χ3v) is 16.4. The average Bonchev–Trinajstić information content (AvgIpc) is 3.83. The van der Waals surface area contributed by atoms with E-state index in [9.17, 15) is 0 Å². The van der Waals surface area contributed by atoms with Crippen LogP contribution in [0.15, 0.2) is 183 Å². The van der Waals surface area contributed by atoms with E-state index in [4.69, 9.17) is 19.9 Å². The Labute approximate surface area is 421 Å². The van der Waals surface area contributed by atoms with E-state index in [-0.39, 0.29) is 10.8 Å². The summed E-state index contributed by atoms with van der Waals surface area (Å²) in [5, 5.41) is 3.14. The molecule has 6 heteroatoms. The number of hydrogen-bond donors (Lipinski definition) is 0. The smallest absolute Gasteiger partial charge is 0.156 e. The summed E-state index contributed by atoms with van der Waals surface area (Å²) >= 11 is 0. The van der Waals surface area contributed by atoms with Gasteiger partial charge in [-0.3, -0.25) is 19.8 Å². The molecular weight excluding hydrogens is 877 g/mol. The zero-order valence-corrected chi connectivity index (χ0v) is 41.2. The zero-order chi connectivity index (χ0) is 48.3. The third-order valence-electron chi connectivity index (χ3n) is 16.4. The van der Waals surface area contributed by atoms with E-state index in [1.165, 1.54) is 33.4 Å². The van der Waals surface area contributed by atoms with Crippen LogP contribution >= 0.6 is 0 Å². The van der Waals surface area contributed by atoms with E-state index >= 15 is 0 Å². The van der Waals surface area contributed by atoms with Crippen LogP contribution < -0.4 is 9.80 Å². The van der Waals surface area contributed by atoms with Crippen LogP contribution in [-0.4, -0.2) is 19.9 Å². The van der Waals surface area contributed by atoms with Crippen LogP contribution in [0.3, 0.4) is 0 Å². The van der Waals surface area contributed by atoms with E-state index in [1.54, 1.807) is 44.2 Å². The molecule has 0 N–H and O–H groups in total. The Morgan fingerprint density at radius 2 is 0.722 bits per heavy atom. The molecule has 0 spiro atoms. The number of nitrogens with zero attached hydrogens (tertiary/aromatic N) is 6. The first kappa shape index (κ1) is 42.6. The highest BCUT2D eigenvalue weighted by atomic mass is 15.2. The van der Waals surface area contributed by atoms with E-state index in [0.29, 0.717) is 0 Å². The first-order valence-corrected chi connectivity index (χ1v) is 25.7. The lowest BCUT2D eigenvalue weighted by Gasteiger charge is -2.35. The van der Waals surface area contributed by atoms with Crippen molar-refractivity contribution in [3.05, 3.63) is 227 Å². The van der Waals surface area contributed by atoms with Gasteiger partial charge in [0.05, 0.1) is 36.2 Å². The lowest BCUT2D eigenvalue weighted by molar-refractivity contribution is 0.637. The molecular formula is C66H54N6. The van der Waals surface area contributed by atoms with Crippen molar-refractivity contribution in [1.29, 1.82) is 0 Å². The van der Waals surface area contributed by atoms with Gasteiger partial charge in [-0.15, -0.1) is 0 Å². The van der Waals surface area contributed by atoms with E-state index < -0.39 is 0 Å². The van der Waals surface area contributed by atoms with Gasteiger partial charge in [-0.25, -0.2) is 9.97 Å². The van der Waals surface area contributed by atoms with E-state index in [2.05, 4.69) is 171 Å². The predicted molar refractivity (Wildman–Crippen MR) is 295 cm³/mol. The predicted octanol–water partition coefficient (Wildman–Crippen LogP) is 16.3. The summed E-state index contributed by atoms with van der Waals surface area (Å²) in [5.74, 6) is 1.57. The van der Waals surface area contributed by atoms with Crippen molar-refractivity contribution in [1.82, 2.24) is 19.9 Å². The van der Waals surface area contributed by atoms with Crippen LogP contribution in [0.4, 0.5) is 34.4 Å². The fourth-order valence-electron chi connectivity index (χ4n) is 13.4. The summed E-state index contributed by atoms with van der Waals surface area (Å²) in [6.07, 6.45) is 14.5. The molecule has 2 heterocycles. The summed E-state index contributed by atoms with van der Waals surface area (Å²) in [7, 11) is 0. The lowest BCUT2D eigenvalue weighted by atomic mass is 9.68. The fraction of sp³-hybridized carbons (Fsp3) is 0.182. The zero-order valence-electron chi connectivity index (χ0n) is 41.2. The van der Waals surface area contributed by atoms with Crippen LogP contribution in [0.25, 0.3) is 55.5 Å². The largest absolute Gasteiger partial charge is 0.294 e. The minimum Gasteiger partial charge on any atom is -0.294 e. The van der Waals surface area contributed by atoms with Crippen molar-refractivity contribution in [2.45, 2.75) is 77.0 Å². The summed E-state index contributed by atoms with van der Waals surface area (Å²) < 4.78 is 0. The third kappa shape index (κ3) is 6.34. The van der Waals surface area contributed by atoms with Crippen molar-refractivity contribution in [3.63, 3.8) is 0 Å². The Balaban J connectivity index is 0.852. The van der Waals surface area contributed by atoms with Gasteiger partial charge in [0, 0.05) is 44.7 Å². The topological polar surface area (TPSA) is 58.0 Å². The van der Waals surface area contributed by atoms with Crippen molar-refractivity contribution < 1.29 is 0 Å². The van der Waals surface area contributed by atoms with Crippen LogP contribution in [0.5, 0.6) is 0 Å². The summed E-state index contributed by atoms with van der Waals surface area (Å²) in [4.78, 5) is 24.7. The highest BCUT2D eigenvalue weighted by Crippen LogP contribution is 2.62. The Morgan fingerprint density at radius 1 is 0.375 bits per heavy atom. The fourth-order valence-corrected chi connectivity index (χ4v) is 13.4. The first-order valence-electron chi connectivity index (χ1n) is 25.7. The van der Waals surface area contributed by atoms with Gasteiger partial charge in [0.25, 0.3) is 0 Å². The van der Waals surface area contributed by atoms with E-state index in [0.717, 1.165) is 95.4 Å². The molecule has 4 aliphatic carbocycles. The molecule has 0 fully saturated rings. The van der Waals surface area contributed by atoms with Gasteiger partial charge in [0.1, 0.15) is 0 Å². The van der Waals surface area contributed by atoms with Gasteiger partial charge in [-0.1, -0.05) is 125 Å². The molecule has 14 rings (SSSR count). The van der Waals surface area contributed by atoms with E-state index in [1.807, 2.05) is 49.1 Å². The summed E-state index contributed by atoms with van der Waals surface area (Å²) in [6.45, 7) is 9.91. The molecule has 8 aromatic carbocycles. The SMILES string of the molecule is CC1(C)c2cc(-c3cnc(N(c4ccccc4)c4ccccc4)cn3)ccc2-c2c1c1c3c(c4c(c5c3c2CCC5)C(C)(C)c2cc(-c3cnc(N(c5ccccc5)c5ccccc5)cn3)ccc2-4)CCC1. The van der Waals surface area contributed by atoms with Crippen molar-refractivity contribution in [3.8, 4) is 44.8 Å². The van der Waals surface area contributed by atoms with Crippen LogP contribution in [0, 0.1) is 0 Å². The van der Waals surface area contributed by atoms with Crippen LogP contribution in [0.1, 0.15) is 85.0 Å². The van der Waals surface area contributed by atoms with Gasteiger partial charge in [0.2, 0.25) is 0 Å². The summed E-state index contributed by atoms with van der Waals surface area (Å²) in [5.41, 5.74) is 25.8. The second kappa shape index (κ2) is 16.2. The number of hydrogen-bond acceptors (Lipinski definition) is 6. The molecule has 0 amide bonds. The number of fused-ring (bicyclic) bond motifs is 10. The van der Waals surface area contributed by atoms with Crippen molar-refractivity contribution >= 4 is 45.2 Å². The Kier molecular flexibility index (Phi) is 9.57. The average molecular weight is 931 g/mol. The summed E-state index contributed by atoms with van der Waals surface area (Å²) in [6, 6.07) is 55.9. The monoisotopic (exact) mass is 930 g/mol. The van der Waals surface area contributed by atoms with Crippen molar-refractivity contribution in [2.75, 3.05) is 9.80 Å². The van der Waals surface area contributed by atoms with Gasteiger partial charge in [-0.05, 0) is 177 Å². The normalized spacial score (nSPS) is 15.1. The Morgan fingerprint density at radius 3 is 1.06 bits per heavy atom.